The molecule has 3 unspecified atom stereocenters. The highest BCUT2D eigenvalue weighted by molar-refractivity contribution is 5.85. The molecule has 2 N–H and O–H groups in total. The SMILES string of the molecule is CCC1C[C@H](C(=O)N(C)C2CCCCC2O)[C@H](C(=O)O)C1. The Balaban J connectivity index is 2.08. The number of nitrogens with zero attached hydrogens (tertiary/aromatic N) is 1. The number of aliphatic hydroxyl groups excluding tert-OH is 1. The number of hydrogen-bond donors (Lipinski definition) is 2. The predicted octanol–water partition coefficient (Wildman–Crippen LogP) is 1.89. The summed E-state index contributed by atoms with van der Waals surface area (Å²) in [7, 11) is 1.72. The van der Waals surface area contributed by atoms with Crippen LogP contribution in [0.15, 0.2) is 0 Å². The molecule has 1 amide bonds. The molecule has 0 aliphatic heterocycles. The van der Waals surface area contributed by atoms with Gasteiger partial charge in [0, 0.05) is 7.05 Å². The molecule has 0 aromatic carbocycles. The molecule has 0 heterocycles. The summed E-state index contributed by atoms with van der Waals surface area (Å²) < 4.78 is 0. The molecule has 0 aromatic heterocycles. The lowest BCUT2D eigenvalue weighted by molar-refractivity contribution is -0.150. The Morgan fingerprint density at radius 1 is 1.14 bits per heavy atom. The van der Waals surface area contributed by atoms with Crippen molar-refractivity contribution in [3.05, 3.63) is 0 Å². The van der Waals surface area contributed by atoms with E-state index in [1.165, 1.54) is 0 Å². The molecule has 2 aliphatic rings. The second kappa shape index (κ2) is 6.77. The number of carboxylic acid groups (broad SMARTS) is 1. The molecule has 2 aliphatic carbocycles. The van der Waals surface area contributed by atoms with Gasteiger partial charge in [0.2, 0.25) is 5.91 Å². The van der Waals surface area contributed by atoms with E-state index in [-0.39, 0.29) is 11.9 Å². The third-order valence-electron chi connectivity index (χ3n) is 5.41. The molecule has 0 spiro atoms. The third-order valence-corrected chi connectivity index (χ3v) is 5.41. The number of amides is 1. The van der Waals surface area contributed by atoms with Gasteiger partial charge in [-0.3, -0.25) is 9.59 Å². The molecular weight excluding hydrogens is 270 g/mol. The van der Waals surface area contributed by atoms with Crippen molar-refractivity contribution in [3.63, 3.8) is 0 Å². The van der Waals surface area contributed by atoms with Crippen molar-refractivity contribution < 1.29 is 19.8 Å². The van der Waals surface area contributed by atoms with Gasteiger partial charge in [0.1, 0.15) is 0 Å². The Morgan fingerprint density at radius 3 is 2.33 bits per heavy atom. The summed E-state index contributed by atoms with van der Waals surface area (Å²) in [6.45, 7) is 2.05. The quantitative estimate of drug-likeness (QED) is 0.830. The molecular formula is C16H27NO4. The van der Waals surface area contributed by atoms with Crippen LogP contribution in [0.4, 0.5) is 0 Å². The first-order chi connectivity index (χ1) is 9.95. The van der Waals surface area contributed by atoms with E-state index < -0.39 is 23.9 Å². The first-order valence-corrected chi connectivity index (χ1v) is 8.13. The van der Waals surface area contributed by atoms with Crippen LogP contribution in [0.3, 0.4) is 0 Å². The molecule has 5 atom stereocenters. The molecule has 0 radical (unpaired) electrons. The Morgan fingerprint density at radius 2 is 1.76 bits per heavy atom. The molecule has 5 nitrogen and oxygen atoms in total. The van der Waals surface area contributed by atoms with Gasteiger partial charge in [-0.05, 0) is 31.6 Å². The minimum atomic E-state index is -0.859. The second-order valence-electron chi connectivity index (χ2n) is 6.67. The van der Waals surface area contributed by atoms with Gasteiger partial charge in [-0.1, -0.05) is 26.2 Å². The zero-order chi connectivity index (χ0) is 15.6. The monoisotopic (exact) mass is 297 g/mol. The number of aliphatic carboxylic acids is 1. The van der Waals surface area contributed by atoms with Crippen molar-refractivity contribution >= 4 is 11.9 Å². The van der Waals surface area contributed by atoms with Gasteiger partial charge in [-0.2, -0.15) is 0 Å². The van der Waals surface area contributed by atoms with Crippen LogP contribution in [0.5, 0.6) is 0 Å². The maximum Gasteiger partial charge on any atom is 0.307 e. The van der Waals surface area contributed by atoms with Crippen LogP contribution in [0, 0.1) is 17.8 Å². The van der Waals surface area contributed by atoms with Gasteiger partial charge < -0.3 is 15.1 Å². The van der Waals surface area contributed by atoms with Gasteiger partial charge in [0.25, 0.3) is 0 Å². The number of aliphatic hydroxyl groups is 1. The van der Waals surface area contributed by atoms with Crippen LogP contribution >= 0.6 is 0 Å². The zero-order valence-corrected chi connectivity index (χ0v) is 13.0. The van der Waals surface area contributed by atoms with E-state index in [1.807, 2.05) is 6.92 Å². The van der Waals surface area contributed by atoms with E-state index >= 15 is 0 Å². The largest absolute Gasteiger partial charge is 0.481 e. The topological polar surface area (TPSA) is 77.8 Å². The normalized spacial score (nSPS) is 36.4. The van der Waals surface area contributed by atoms with Gasteiger partial charge >= 0.3 is 5.97 Å². The van der Waals surface area contributed by atoms with Crippen molar-refractivity contribution in [3.8, 4) is 0 Å². The number of carbonyl (C=O) groups is 2. The van der Waals surface area contributed by atoms with Crippen LogP contribution in [-0.2, 0) is 9.59 Å². The van der Waals surface area contributed by atoms with E-state index in [9.17, 15) is 19.8 Å². The van der Waals surface area contributed by atoms with Crippen molar-refractivity contribution in [2.24, 2.45) is 17.8 Å². The summed E-state index contributed by atoms with van der Waals surface area (Å²) in [5.74, 6) is -1.62. The van der Waals surface area contributed by atoms with Crippen LogP contribution in [0.1, 0.15) is 51.9 Å². The fourth-order valence-corrected chi connectivity index (χ4v) is 3.99. The highest BCUT2D eigenvalue weighted by Gasteiger charge is 2.44. The molecule has 21 heavy (non-hydrogen) atoms. The smallest absolute Gasteiger partial charge is 0.307 e. The van der Waals surface area contributed by atoms with Crippen molar-refractivity contribution in [2.75, 3.05) is 7.05 Å². The number of carboxylic acids is 1. The Labute approximate surface area is 126 Å². The first kappa shape index (κ1) is 16.3. The summed E-state index contributed by atoms with van der Waals surface area (Å²) in [5.41, 5.74) is 0. The van der Waals surface area contributed by atoms with Crippen LogP contribution in [0.25, 0.3) is 0 Å². The predicted molar refractivity (Wildman–Crippen MR) is 78.7 cm³/mol. The van der Waals surface area contributed by atoms with Gasteiger partial charge in [0.15, 0.2) is 0 Å². The van der Waals surface area contributed by atoms with Crippen LogP contribution in [0.2, 0.25) is 0 Å². The number of carbonyl (C=O) groups excluding carboxylic acids is 1. The average Bonchev–Trinajstić information content (AvgIpc) is 2.90. The van der Waals surface area contributed by atoms with E-state index in [1.54, 1.807) is 11.9 Å². The Bertz CT molecular complexity index is 398. The van der Waals surface area contributed by atoms with E-state index in [0.29, 0.717) is 18.8 Å². The second-order valence-corrected chi connectivity index (χ2v) is 6.67. The summed E-state index contributed by atoms with van der Waals surface area (Å²) in [4.78, 5) is 25.8. The molecule has 0 aromatic rings. The molecule has 2 fully saturated rings. The van der Waals surface area contributed by atoms with Crippen molar-refractivity contribution in [1.82, 2.24) is 4.90 Å². The molecule has 2 rings (SSSR count). The van der Waals surface area contributed by atoms with Crippen molar-refractivity contribution in [2.45, 2.75) is 64.0 Å². The standard InChI is InChI=1S/C16H27NO4/c1-3-10-8-11(12(9-10)16(20)21)15(19)17(2)13-6-4-5-7-14(13)18/h10-14,18H,3-9H2,1-2H3,(H,20,21)/t10?,11-,12+,13?,14?/m0/s1. The van der Waals surface area contributed by atoms with E-state index in [4.69, 9.17) is 0 Å². The molecule has 120 valence electrons. The van der Waals surface area contributed by atoms with Crippen molar-refractivity contribution in [1.29, 1.82) is 0 Å². The van der Waals surface area contributed by atoms with Gasteiger partial charge in [0.05, 0.1) is 24.0 Å². The lowest BCUT2D eigenvalue weighted by atomic mass is 9.89. The molecule has 0 saturated heterocycles. The molecule has 0 bridgehead atoms. The highest BCUT2D eigenvalue weighted by Crippen LogP contribution is 2.40. The van der Waals surface area contributed by atoms with Crippen LogP contribution in [-0.4, -0.2) is 46.2 Å². The van der Waals surface area contributed by atoms with Crippen LogP contribution < -0.4 is 0 Å². The Hall–Kier alpha value is -1.10. The third kappa shape index (κ3) is 3.39. The maximum absolute atomic E-state index is 12.7. The van der Waals surface area contributed by atoms with Gasteiger partial charge in [-0.15, -0.1) is 0 Å². The number of rotatable bonds is 4. The zero-order valence-electron chi connectivity index (χ0n) is 13.0. The fourth-order valence-electron chi connectivity index (χ4n) is 3.99. The lowest BCUT2D eigenvalue weighted by Crippen LogP contribution is -2.49. The highest BCUT2D eigenvalue weighted by atomic mass is 16.4. The minimum absolute atomic E-state index is 0.0932. The van der Waals surface area contributed by atoms with E-state index in [2.05, 4.69) is 0 Å². The average molecular weight is 297 g/mol. The Kier molecular flexibility index (Phi) is 5.25. The maximum atomic E-state index is 12.7. The lowest BCUT2D eigenvalue weighted by Gasteiger charge is -2.37. The summed E-state index contributed by atoms with van der Waals surface area (Å²) in [6.07, 6.45) is 5.27. The van der Waals surface area contributed by atoms with Gasteiger partial charge in [-0.25, -0.2) is 0 Å². The number of likely N-dealkylation sites (N-methyl/N-ethyl adjacent to an activating group) is 1. The minimum Gasteiger partial charge on any atom is -0.481 e. The fraction of sp³-hybridized carbons (Fsp3) is 0.875. The summed E-state index contributed by atoms with van der Waals surface area (Å²) in [6, 6.07) is -0.152. The molecule has 2 saturated carbocycles. The summed E-state index contributed by atoms with van der Waals surface area (Å²) in [5, 5.41) is 19.5. The van der Waals surface area contributed by atoms with E-state index in [0.717, 1.165) is 32.1 Å². The first-order valence-electron chi connectivity index (χ1n) is 8.13. The molecule has 5 heteroatoms. The number of hydrogen-bond acceptors (Lipinski definition) is 3. The summed E-state index contributed by atoms with van der Waals surface area (Å²) >= 11 is 0.